The normalized spacial score (nSPS) is 17.4. The number of benzene rings is 2. The average molecular weight is 509 g/mol. The molecule has 2 fully saturated rings. The van der Waals surface area contributed by atoms with E-state index < -0.39 is 0 Å². The molecule has 0 aromatic heterocycles. The zero-order chi connectivity index (χ0) is 25.5. The van der Waals surface area contributed by atoms with Crippen LogP contribution in [0.4, 0.5) is 5.69 Å². The fourth-order valence-electron chi connectivity index (χ4n) is 5.25. The summed E-state index contributed by atoms with van der Waals surface area (Å²) in [4.78, 5) is 30.4. The van der Waals surface area contributed by atoms with Gasteiger partial charge in [-0.2, -0.15) is 0 Å². The van der Waals surface area contributed by atoms with Crippen LogP contribution in [0.5, 0.6) is 0 Å². The lowest BCUT2D eigenvalue weighted by atomic mass is 9.97. The van der Waals surface area contributed by atoms with Crippen molar-refractivity contribution in [3.63, 3.8) is 0 Å². The van der Waals surface area contributed by atoms with Gasteiger partial charge >= 0.3 is 0 Å². The summed E-state index contributed by atoms with van der Waals surface area (Å²) in [6.45, 7) is 4.69. The fraction of sp³-hybridized carbons (Fsp3) is 0.448. The first-order chi connectivity index (χ1) is 17.4. The third-order valence-electron chi connectivity index (χ3n) is 7.47. The second-order valence-corrected chi connectivity index (χ2v) is 10.4. The van der Waals surface area contributed by atoms with Gasteiger partial charge in [0.25, 0.3) is 5.91 Å². The van der Waals surface area contributed by atoms with Gasteiger partial charge in [0.2, 0.25) is 6.41 Å². The number of nitrogens with two attached hydrogens (primary N) is 1. The quantitative estimate of drug-likeness (QED) is 0.393. The molecule has 0 aliphatic carbocycles. The molecule has 36 heavy (non-hydrogen) atoms. The summed E-state index contributed by atoms with van der Waals surface area (Å²) in [5.74, 6) is 0.126. The molecule has 2 N–H and O–H groups in total. The molecule has 192 valence electrons. The van der Waals surface area contributed by atoms with E-state index in [9.17, 15) is 9.59 Å². The Bertz CT molecular complexity index is 1070. The number of nitrogens with zero attached hydrogens (tertiary/aromatic N) is 3. The molecule has 7 heteroatoms. The topological polar surface area (TPSA) is 69.9 Å². The molecule has 2 aliphatic rings. The Labute approximate surface area is 219 Å². The maximum Gasteiger partial charge on any atom is 0.253 e. The average Bonchev–Trinajstić information content (AvgIpc) is 3.45. The maximum atomic E-state index is 13.1. The lowest BCUT2D eigenvalue weighted by molar-refractivity contribution is -0.116. The molecular formula is C29H37ClN4O2. The van der Waals surface area contributed by atoms with Crippen LogP contribution < -0.4 is 5.73 Å². The summed E-state index contributed by atoms with van der Waals surface area (Å²) >= 11 is 6.23. The number of anilines is 1. The zero-order valence-corrected chi connectivity index (χ0v) is 21.9. The molecule has 6 nitrogen and oxygen atoms in total. The van der Waals surface area contributed by atoms with Gasteiger partial charge in [-0.05, 0) is 93.1 Å². The molecule has 4 rings (SSSR count). The molecule has 2 aliphatic heterocycles. The molecule has 2 aromatic rings. The molecule has 0 bridgehead atoms. The maximum absolute atomic E-state index is 13.1. The van der Waals surface area contributed by atoms with Gasteiger partial charge in [0.15, 0.2) is 0 Å². The third-order valence-corrected chi connectivity index (χ3v) is 7.70. The minimum atomic E-state index is 0.126. The van der Waals surface area contributed by atoms with Gasteiger partial charge < -0.3 is 20.4 Å². The van der Waals surface area contributed by atoms with Crippen LogP contribution in [0.2, 0.25) is 5.02 Å². The third kappa shape index (κ3) is 6.68. The van der Waals surface area contributed by atoms with E-state index in [0.29, 0.717) is 36.1 Å². The van der Waals surface area contributed by atoms with Gasteiger partial charge in [-0.15, -0.1) is 0 Å². The van der Waals surface area contributed by atoms with Crippen molar-refractivity contribution in [3.8, 4) is 0 Å². The number of amides is 2. The smallest absolute Gasteiger partial charge is 0.253 e. The predicted octanol–water partition coefficient (Wildman–Crippen LogP) is 4.73. The molecule has 0 unspecified atom stereocenters. The summed E-state index contributed by atoms with van der Waals surface area (Å²) in [6, 6.07) is 14.0. The highest BCUT2D eigenvalue weighted by atomic mass is 35.5. The zero-order valence-electron chi connectivity index (χ0n) is 21.2. The van der Waals surface area contributed by atoms with Crippen molar-refractivity contribution in [1.29, 1.82) is 0 Å². The number of hydrogen-bond acceptors (Lipinski definition) is 4. The Morgan fingerprint density at radius 2 is 1.78 bits per heavy atom. The number of likely N-dealkylation sites (tertiary alicyclic amines) is 2. The number of carbonyl (C=O) groups excluding carboxylic acids is 2. The van der Waals surface area contributed by atoms with E-state index in [1.54, 1.807) is 18.0 Å². The van der Waals surface area contributed by atoms with Gasteiger partial charge in [-0.25, -0.2) is 0 Å². The summed E-state index contributed by atoms with van der Waals surface area (Å²) in [7, 11) is 1.76. The molecule has 0 saturated carbocycles. The number of rotatable bonds is 9. The van der Waals surface area contributed by atoms with Gasteiger partial charge in [0.1, 0.15) is 0 Å². The molecule has 2 saturated heterocycles. The SMILES string of the molecule is CN(C=O)CC/C(=C\Cc1ccc(C(=O)N2CCC(N3CCCC3)CC2)cc1)c1cc(Cl)ccc1N. The molecule has 2 heterocycles. The van der Waals surface area contributed by atoms with E-state index in [1.807, 2.05) is 41.3 Å². The molecule has 2 aromatic carbocycles. The van der Waals surface area contributed by atoms with Crippen molar-refractivity contribution in [1.82, 2.24) is 14.7 Å². The largest absolute Gasteiger partial charge is 0.398 e. The molecule has 0 spiro atoms. The fourth-order valence-corrected chi connectivity index (χ4v) is 5.42. The summed E-state index contributed by atoms with van der Waals surface area (Å²) in [5, 5.41) is 0.626. The summed E-state index contributed by atoms with van der Waals surface area (Å²) < 4.78 is 0. The van der Waals surface area contributed by atoms with E-state index >= 15 is 0 Å². The Balaban J connectivity index is 1.39. The Morgan fingerprint density at radius 1 is 1.08 bits per heavy atom. The van der Waals surface area contributed by atoms with Crippen LogP contribution in [0.3, 0.4) is 0 Å². The van der Waals surface area contributed by atoms with E-state index in [4.69, 9.17) is 17.3 Å². The number of nitrogen functional groups attached to an aromatic ring is 1. The van der Waals surface area contributed by atoms with Crippen LogP contribution in [0.1, 0.15) is 53.6 Å². The van der Waals surface area contributed by atoms with Crippen molar-refractivity contribution in [2.45, 2.75) is 44.6 Å². The number of hydrogen-bond donors (Lipinski definition) is 1. The van der Waals surface area contributed by atoms with Crippen molar-refractivity contribution >= 4 is 35.2 Å². The van der Waals surface area contributed by atoms with Crippen LogP contribution in [-0.4, -0.2) is 72.8 Å². The second-order valence-electron chi connectivity index (χ2n) is 9.96. The number of halogens is 1. The lowest BCUT2D eigenvalue weighted by Gasteiger charge is -2.36. The van der Waals surface area contributed by atoms with Crippen molar-refractivity contribution < 1.29 is 9.59 Å². The lowest BCUT2D eigenvalue weighted by Crippen LogP contribution is -2.45. The highest BCUT2D eigenvalue weighted by Crippen LogP contribution is 2.28. The van der Waals surface area contributed by atoms with Crippen LogP contribution in [0.25, 0.3) is 5.57 Å². The number of carbonyl (C=O) groups is 2. The molecule has 0 radical (unpaired) electrons. The Kier molecular flexibility index (Phi) is 9.05. The second kappa shape index (κ2) is 12.4. The predicted molar refractivity (Wildman–Crippen MR) is 147 cm³/mol. The van der Waals surface area contributed by atoms with Crippen LogP contribution in [0.15, 0.2) is 48.5 Å². The number of allylic oxidation sites excluding steroid dienone is 1. The summed E-state index contributed by atoms with van der Waals surface area (Å²) in [5.41, 5.74) is 10.7. The van der Waals surface area contributed by atoms with Crippen LogP contribution in [-0.2, 0) is 11.2 Å². The van der Waals surface area contributed by atoms with E-state index in [0.717, 1.165) is 54.6 Å². The molecule has 2 amide bonds. The molecular weight excluding hydrogens is 472 g/mol. The van der Waals surface area contributed by atoms with E-state index in [1.165, 1.54) is 25.9 Å². The Morgan fingerprint density at radius 3 is 2.44 bits per heavy atom. The minimum absolute atomic E-state index is 0.126. The first kappa shape index (κ1) is 26.2. The van der Waals surface area contributed by atoms with Gasteiger partial charge in [0.05, 0.1) is 0 Å². The van der Waals surface area contributed by atoms with Gasteiger partial charge in [-0.3, -0.25) is 9.59 Å². The summed E-state index contributed by atoms with van der Waals surface area (Å²) in [6.07, 6.45) is 9.09. The number of piperidine rings is 1. The van der Waals surface area contributed by atoms with E-state index in [-0.39, 0.29) is 5.91 Å². The highest BCUT2D eigenvalue weighted by Gasteiger charge is 2.28. The monoisotopic (exact) mass is 508 g/mol. The van der Waals surface area contributed by atoms with Crippen LogP contribution >= 0.6 is 11.6 Å². The van der Waals surface area contributed by atoms with Gasteiger partial charge in [0, 0.05) is 54.6 Å². The van der Waals surface area contributed by atoms with Crippen molar-refractivity contribution in [2.24, 2.45) is 0 Å². The van der Waals surface area contributed by atoms with Crippen LogP contribution in [0, 0.1) is 0 Å². The first-order valence-electron chi connectivity index (χ1n) is 13.0. The van der Waals surface area contributed by atoms with Gasteiger partial charge in [-0.1, -0.05) is 29.8 Å². The Hall–Kier alpha value is -2.83. The standard InChI is InChI=1S/C29H37ClN4O2/c1-32(21-35)17-12-23(27-20-25(30)10-11-28(27)31)7-4-22-5-8-24(9-6-22)29(36)34-18-13-26(14-19-34)33-15-2-3-16-33/h5-11,20-21,26H,2-4,12-19,31H2,1H3/b23-7+. The van der Waals surface area contributed by atoms with Crippen molar-refractivity contribution in [3.05, 3.63) is 70.3 Å². The van der Waals surface area contributed by atoms with Crippen molar-refractivity contribution in [2.75, 3.05) is 45.5 Å². The van der Waals surface area contributed by atoms with E-state index in [2.05, 4.69) is 11.0 Å². The minimum Gasteiger partial charge on any atom is -0.398 e. The molecule has 0 atom stereocenters. The highest BCUT2D eigenvalue weighted by molar-refractivity contribution is 6.30. The first-order valence-corrected chi connectivity index (χ1v) is 13.3.